The Morgan fingerprint density at radius 3 is 2.50 bits per heavy atom. The summed E-state index contributed by atoms with van der Waals surface area (Å²) < 4.78 is 5.31. The number of methoxy groups -OCH3 is 1. The molecule has 2 aromatic rings. The van der Waals surface area contributed by atoms with E-state index in [4.69, 9.17) is 4.74 Å². The summed E-state index contributed by atoms with van der Waals surface area (Å²) in [6.45, 7) is 3.39. The van der Waals surface area contributed by atoms with Gasteiger partial charge in [-0.1, -0.05) is 48.5 Å². The van der Waals surface area contributed by atoms with Gasteiger partial charge in [0.1, 0.15) is 5.75 Å². The van der Waals surface area contributed by atoms with Crippen molar-refractivity contribution in [3.05, 3.63) is 65.7 Å². The molecule has 4 heteroatoms. The van der Waals surface area contributed by atoms with Crippen LogP contribution in [0.1, 0.15) is 30.5 Å². The van der Waals surface area contributed by atoms with Crippen LogP contribution in [0.4, 0.5) is 0 Å². The second kappa shape index (κ2) is 9.73. The van der Waals surface area contributed by atoms with Gasteiger partial charge in [-0.15, -0.1) is 0 Å². The highest BCUT2D eigenvalue weighted by Gasteiger charge is 2.06. The van der Waals surface area contributed by atoms with Crippen LogP contribution in [-0.2, 0) is 11.2 Å². The molecule has 1 unspecified atom stereocenters. The quantitative estimate of drug-likeness (QED) is 0.744. The molecule has 0 aliphatic carbocycles. The fourth-order valence-corrected chi connectivity index (χ4v) is 2.60. The van der Waals surface area contributed by atoms with Crippen LogP contribution < -0.4 is 15.4 Å². The molecular weight excluding hydrogens is 300 g/mol. The number of hydrogen-bond acceptors (Lipinski definition) is 3. The Morgan fingerprint density at radius 2 is 1.75 bits per heavy atom. The highest BCUT2D eigenvalue weighted by molar-refractivity contribution is 5.76. The van der Waals surface area contributed by atoms with Crippen LogP contribution in [0.15, 0.2) is 54.6 Å². The molecule has 0 aromatic heterocycles. The van der Waals surface area contributed by atoms with Gasteiger partial charge in [0.05, 0.1) is 7.11 Å². The maximum Gasteiger partial charge on any atom is 0.221 e. The molecular formula is C20H26N2O2. The number of amides is 1. The van der Waals surface area contributed by atoms with Gasteiger partial charge in [0.25, 0.3) is 0 Å². The predicted octanol–water partition coefficient (Wildman–Crippen LogP) is 3.09. The molecule has 2 N–H and O–H groups in total. The van der Waals surface area contributed by atoms with Gasteiger partial charge in [0, 0.05) is 25.6 Å². The minimum atomic E-state index is 0.0673. The Balaban J connectivity index is 1.65. The lowest BCUT2D eigenvalue weighted by molar-refractivity contribution is -0.120. The van der Waals surface area contributed by atoms with E-state index in [1.54, 1.807) is 7.11 Å². The molecule has 0 aliphatic rings. The van der Waals surface area contributed by atoms with Crippen LogP contribution in [0, 0.1) is 0 Å². The fraction of sp³-hybridized carbons (Fsp3) is 0.350. The smallest absolute Gasteiger partial charge is 0.221 e. The number of benzene rings is 2. The summed E-state index contributed by atoms with van der Waals surface area (Å²) in [6.07, 6.45) is 1.24. The molecule has 2 aromatic carbocycles. The third-order valence-corrected chi connectivity index (χ3v) is 4.01. The van der Waals surface area contributed by atoms with Gasteiger partial charge in [0.15, 0.2) is 0 Å². The van der Waals surface area contributed by atoms with E-state index in [0.29, 0.717) is 19.5 Å². The number of hydrogen-bond donors (Lipinski definition) is 2. The van der Waals surface area contributed by atoms with Crippen molar-refractivity contribution in [3.63, 3.8) is 0 Å². The highest BCUT2D eigenvalue weighted by Crippen LogP contribution is 2.17. The molecule has 0 spiro atoms. The predicted molar refractivity (Wildman–Crippen MR) is 97.2 cm³/mol. The Kier molecular flexibility index (Phi) is 7.30. The van der Waals surface area contributed by atoms with Crippen LogP contribution in [0.3, 0.4) is 0 Å². The van der Waals surface area contributed by atoms with E-state index in [2.05, 4.69) is 29.7 Å². The van der Waals surface area contributed by atoms with Gasteiger partial charge in [-0.25, -0.2) is 0 Å². The van der Waals surface area contributed by atoms with E-state index in [1.165, 1.54) is 5.56 Å². The first-order valence-electron chi connectivity index (χ1n) is 8.37. The number of rotatable bonds is 9. The summed E-state index contributed by atoms with van der Waals surface area (Å²) in [7, 11) is 1.66. The minimum Gasteiger partial charge on any atom is -0.496 e. The number of carbonyl (C=O) groups excluding carboxylic acids is 1. The van der Waals surface area contributed by atoms with E-state index in [0.717, 1.165) is 17.7 Å². The third-order valence-electron chi connectivity index (χ3n) is 4.01. The summed E-state index contributed by atoms with van der Waals surface area (Å²) in [5.41, 5.74) is 2.34. The molecule has 0 aliphatic heterocycles. The normalized spacial score (nSPS) is 11.8. The molecule has 0 bridgehead atoms. The first-order valence-corrected chi connectivity index (χ1v) is 8.37. The Hall–Kier alpha value is -2.33. The summed E-state index contributed by atoms with van der Waals surface area (Å²) in [5.74, 6) is 0.933. The Morgan fingerprint density at radius 1 is 1.04 bits per heavy atom. The van der Waals surface area contributed by atoms with Crippen molar-refractivity contribution >= 4 is 5.91 Å². The standard InChI is InChI=1S/C20H26N2O2/c1-16(17-8-4-3-5-9-17)21-15-13-20(23)22-14-12-18-10-6-7-11-19(18)24-2/h3-11,16,21H,12-15H2,1-2H3,(H,22,23). The zero-order valence-corrected chi connectivity index (χ0v) is 14.4. The van der Waals surface area contributed by atoms with Gasteiger partial charge < -0.3 is 15.4 Å². The van der Waals surface area contributed by atoms with Gasteiger partial charge in [-0.3, -0.25) is 4.79 Å². The number of carbonyl (C=O) groups is 1. The molecule has 2 rings (SSSR count). The van der Waals surface area contributed by atoms with Crippen LogP contribution >= 0.6 is 0 Å². The van der Waals surface area contributed by atoms with Crippen molar-refractivity contribution in [2.45, 2.75) is 25.8 Å². The largest absolute Gasteiger partial charge is 0.496 e. The summed E-state index contributed by atoms with van der Waals surface area (Å²) in [5, 5.41) is 6.34. The Bertz CT molecular complexity index is 629. The summed E-state index contributed by atoms with van der Waals surface area (Å²) >= 11 is 0. The van der Waals surface area contributed by atoms with Gasteiger partial charge in [-0.05, 0) is 30.5 Å². The SMILES string of the molecule is COc1ccccc1CCNC(=O)CCNC(C)c1ccccc1. The van der Waals surface area contributed by atoms with Crippen molar-refractivity contribution in [2.75, 3.05) is 20.2 Å². The summed E-state index contributed by atoms with van der Waals surface area (Å²) in [4.78, 5) is 11.9. The van der Waals surface area contributed by atoms with Gasteiger partial charge in [0.2, 0.25) is 5.91 Å². The molecule has 0 saturated carbocycles. The van der Waals surface area contributed by atoms with E-state index in [1.807, 2.05) is 42.5 Å². The molecule has 1 atom stereocenters. The first kappa shape index (κ1) is 18.0. The molecule has 128 valence electrons. The van der Waals surface area contributed by atoms with Crippen molar-refractivity contribution in [1.82, 2.24) is 10.6 Å². The first-order chi connectivity index (χ1) is 11.7. The highest BCUT2D eigenvalue weighted by atomic mass is 16.5. The van der Waals surface area contributed by atoms with Crippen molar-refractivity contribution < 1.29 is 9.53 Å². The molecule has 0 heterocycles. The maximum atomic E-state index is 11.9. The average Bonchev–Trinajstić information content (AvgIpc) is 2.62. The molecule has 0 radical (unpaired) electrons. The van der Waals surface area contributed by atoms with Crippen LogP contribution in [0.5, 0.6) is 5.75 Å². The third kappa shape index (κ3) is 5.70. The number of nitrogens with one attached hydrogen (secondary N) is 2. The maximum absolute atomic E-state index is 11.9. The Labute approximate surface area is 144 Å². The van der Waals surface area contributed by atoms with E-state index in [9.17, 15) is 4.79 Å². The van der Waals surface area contributed by atoms with Crippen LogP contribution in [-0.4, -0.2) is 26.1 Å². The molecule has 0 fully saturated rings. The summed E-state index contributed by atoms with van der Waals surface area (Å²) in [6, 6.07) is 18.4. The average molecular weight is 326 g/mol. The van der Waals surface area contributed by atoms with E-state index < -0.39 is 0 Å². The second-order valence-corrected chi connectivity index (χ2v) is 5.75. The van der Waals surface area contributed by atoms with Gasteiger partial charge in [-0.2, -0.15) is 0 Å². The topological polar surface area (TPSA) is 50.4 Å². The number of para-hydroxylation sites is 1. The lowest BCUT2D eigenvalue weighted by atomic mass is 10.1. The van der Waals surface area contributed by atoms with E-state index >= 15 is 0 Å². The molecule has 0 saturated heterocycles. The second-order valence-electron chi connectivity index (χ2n) is 5.75. The van der Waals surface area contributed by atoms with Crippen LogP contribution in [0.25, 0.3) is 0 Å². The van der Waals surface area contributed by atoms with Crippen molar-refractivity contribution in [2.24, 2.45) is 0 Å². The number of ether oxygens (including phenoxy) is 1. The van der Waals surface area contributed by atoms with Gasteiger partial charge >= 0.3 is 0 Å². The lowest BCUT2D eigenvalue weighted by Gasteiger charge is -2.14. The van der Waals surface area contributed by atoms with Crippen molar-refractivity contribution in [3.8, 4) is 5.75 Å². The van der Waals surface area contributed by atoms with Crippen LogP contribution in [0.2, 0.25) is 0 Å². The molecule has 1 amide bonds. The lowest BCUT2D eigenvalue weighted by Crippen LogP contribution is -2.30. The monoisotopic (exact) mass is 326 g/mol. The fourth-order valence-electron chi connectivity index (χ4n) is 2.60. The van der Waals surface area contributed by atoms with E-state index in [-0.39, 0.29) is 11.9 Å². The zero-order chi connectivity index (χ0) is 17.2. The molecule has 24 heavy (non-hydrogen) atoms. The zero-order valence-electron chi connectivity index (χ0n) is 14.4. The minimum absolute atomic E-state index is 0.0673. The molecule has 4 nitrogen and oxygen atoms in total. The van der Waals surface area contributed by atoms with Crippen molar-refractivity contribution in [1.29, 1.82) is 0 Å².